The number of alkyl halides is 3. The molecule has 0 fully saturated rings. The van der Waals surface area contributed by atoms with Crippen molar-refractivity contribution in [2.24, 2.45) is 9.98 Å². The molecule has 0 aromatic heterocycles. The highest BCUT2D eigenvalue weighted by molar-refractivity contribution is 6.38. The second-order valence-corrected chi connectivity index (χ2v) is 2.55. The second-order valence-electron chi connectivity index (χ2n) is 1.55. The Hall–Kier alpha value is -0.150. The summed E-state index contributed by atoms with van der Waals surface area (Å²) in [5, 5.41) is -2.11. The summed E-state index contributed by atoms with van der Waals surface area (Å²) >= 11 is 10.5. The van der Waals surface area contributed by atoms with Crippen LogP contribution in [-0.4, -0.2) is 23.2 Å². The molecule has 0 radical (unpaired) electrons. The molecule has 1 aliphatic heterocycles. The quantitative estimate of drug-likeness (QED) is 0.388. The number of aliphatic imine (C=N–C) groups is 2. The molecule has 0 aromatic carbocycles. The van der Waals surface area contributed by atoms with Crippen LogP contribution in [0.5, 0.6) is 0 Å². The first-order valence-corrected chi connectivity index (χ1v) is 3.02. The lowest BCUT2D eigenvalue weighted by Gasteiger charge is -2.16. The van der Waals surface area contributed by atoms with Gasteiger partial charge in [-0.3, -0.25) is 0 Å². The minimum absolute atomic E-state index is 0.916. The third-order valence-corrected chi connectivity index (χ3v) is 1.67. The fourth-order valence-electron chi connectivity index (χ4n) is 0.391. The highest BCUT2D eigenvalue weighted by atomic mass is 35.5. The Labute approximate surface area is 61.4 Å². The molecule has 0 bridgehead atoms. The monoisotopic (exact) mass is 168 g/mol. The molecule has 0 aromatic rings. The van der Waals surface area contributed by atoms with E-state index in [0.29, 0.717) is 0 Å². The Bertz CT molecular complexity index is 166. The molecule has 2 atom stereocenters. The Morgan fingerprint density at radius 2 is 2.33 bits per heavy atom. The van der Waals surface area contributed by atoms with Crippen molar-refractivity contribution in [1.29, 1.82) is 0 Å². The van der Waals surface area contributed by atoms with Crippen LogP contribution in [0, 0.1) is 0 Å². The van der Waals surface area contributed by atoms with Gasteiger partial charge >= 0.3 is 0 Å². The van der Waals surface area contributed by atoms with Crippen molar-refractivity contribution in [2.45, 2.75) is 10.6 Å². The molecule has 5 heteroatoms. The Kier molecular flexibility index (Phi) is 1.73. The van der Waals surface area contributed by atoms with Crippen molar-refractivity contribution in [1.82, 2.24) is 0 Å². The van der Waals surface area contributed by atoms with Crippen LogP contribution < -0.4 is 0 Å². The molecule has 50 valence electrons. The fraction of sp³-hybridized carbons (Fsp3) is 0.500. The highest BCUT2D eigenvalue weighted by Gasteiger charge is 2.35. The van der Waals surface area contributed by atoms with Gasteiger partial charge in [0.05, 0.1) is 6.21 Å². The maximum Gasteiger partial charge on any atom is 0.254 e. The summed E-state index contributed by atoms with van der Waals surface area (Å²) in [7, 11) is 0. The summed E-state index contributed by atoms with van der Waals surface area (Å²) in [5.74, 6) is 0. The molecule has 1 heterocycles. The molecule has 1 aliphatic rings. The van der Waals surface area contributed by atoms with Gasteiger partial charge < -0.3 is 0 Å². The predicted molar refractivity (Wildman–Crippen MR) is 36.3 cm³/mol. The number of hydrogen-bond acceptors (Lipinski definition) is 2. The number of halogens is 3. The van der Waals surface area contributed by atoms with E-state index in [1.165, 1.54) is 0 Å². The maximum atomic E-state index is 12.6. The molecular formula is C4H3Cl2FN2. The fourth-order valence-corrected chi connectivity index (χ4v) is 0.610. The average Bonchev–Trinajstić information content (AvgIpc) is 1.77. The Balaban J connectivity index is 2.78. The summed E-state index contributed by atoms with van der Waals surface area (Å²) in [5.41, 5.74) is -1.06. The van der Waals surface area contributed by atoms with Crippen LogP contribution in [0.15, 0.2) is 9.98 Å². The molecule has 9 heavy (non-hydrogen) atoms. The van der Waals surface area contributed by atoms with Crippen molar-refractivity contribution in [3.63, 3.8) is 0 Å². The Morgan fingerprint density at radius 1 is 1.67 bits per heavy atom. The van der Waals surface area contributed by atoms with E-state index in [2.05, 4.69) is 9.98 Å². The molecule has 0 spiro atoms. The molecule has 2 nitrogen and oxygen atoms in total. The minimum Gasteiger partial charge on any atom is -0.249 e. The first-order valence-electron chi connectivity index (χ1n) is 2.21. The summed E-state index contributed by atoms with van der Waals surface area (Å²) < 4.78 is 12.6. The van der Waals surface area contributed by atoms with Crippen LogP contribution in [0.2, 0.25) is 0 Å². The maximum absolute atomic E-state index is 12.6. The van der Waals surface area contributed by atoms with E-state index in [0.717, 1.165) is 12.6 Å². The summed E-state index contributed by atoms with van der Waals surface area (Å²) in [4.78, 5) is 6.79. The van der Waals surface area contributed by atoms with Gasteiger partial charge in [0.25, 0.3) is 5.13 Å². The summed E-state index contributed by atoms with van der Waals surface area (Å²) in [6, 6.07) is 0. The van der Waals surface area contributed by atoms with Gasteiger partial charge in [0, 0.05) is 0 Å². The van der Waals surface area contributed by atoms with Gasteiger partial charge in [-0.2, -0.15) is 0 Å². The van der Waals surface area contributed by atoms with Gasteiger partial charge in [-0.05, 0) is 0 Å². The highest BCUT2D eigenvalue weighted by Crippen LogP contribution is 2.26. The number of rotatable bonds is 0. The zero-order valence-corrected chi connectivity index (χ0v) is 5.77. The van der Waals surface area contributed by atoms with E-state index in [1.807, 2.05) is 0 Å². The normalized spacial score (nSPS) is 41.4. The third-order valence-electron chi connectivity index (χ3n) is 0.828. The Morgan fingerprint density at radius 3 is 2.67 bits per heavy atom. The third kappa shape index (κ3) is 1.40. The van der Waals surface area contributed by atoms with E-state index >= 15 is 0 Å². The first-order chi connectivity index (χ1) is 4.13. The van der Waals surface area contributed by atoms with Crippen molar-refractivity contribution in [3.05, 3.63) is 0 Å². The molecule has 0 saturated carbocycles. The van der Waals surface area contributed by atoms with Gasteiger partial charge in [0.1, 0.15) is 6.34 Å². The SMILES string of the molecule is FC1(Cl)C=NC=NC1Cl. The van der Waals surface area contributed by atoms with Crippen LogP contribution in [0.1, 0.15) is 0 Å². The summed E-state index contributed by atoms with van der Waals surface area (Å²) in [6.07, 6.45) is 2.08. The largest absolute Gasteiger partial charge is 0.254 e. The van der Waals surface area contributed by atoms with Crippen molar-refractivity contribution >= 4 is 35.8 Å². The van der Waals surface area contributed by atoms with Crippen LogP contribution in [0.4, 0.5) is 4.39 Å². The smallest absolute Gasteiger partial charge is 0.249 e. The number of hydrogen-bond donors (Lipinski definition) is 0. The van der Waals surface area contributed by atoms with Gasteiger partial charge in [0.15, 0.2) is 5.50 Å². The van der Waals surface area contributed by atoms with Crippen LogP contribution in [-0.2, 0) is 0 Å². The lowest BCUT2D eigenvalue weighted by Crippen LogP contribution is -2.30. The van der Waals surface area contributed by atoms with E-state index < -0.39 is 10.6 Å². The molecule has 0 aliphatic carbocycles. The van der Waals surface area contributed by atoms with E-state index in [1.54, 1.807) is 0 Å². The molecule has 0 N–H and O–H groups in total. The molecule has 1 rings (SSSR count). The van der Waals surface area contributed by atoms with Gasteiger partial charge in [0.2, 0.25) is 0 Å². The van der Waals surface area contributed by atoms with Crippen LogP contribution in [0.3, 0.4) is 0 Å². The van der Waals surface area contributed by atoms with Gasteiger partial charge in [-0.25, -0.2) is 14.4 Å². The number of nitrogens with zero attached hydrogens (tertiary/aromatic N) is 2. The average molecular weight is 169 g/mol. The van der Waals surface area contributed by atoms with Crippen LogP contribution in [0.25, 0.3) is 0 Å². The van der Waals surface area contributed by atoms with Gasteiger partial charge in [-0.15, -0.1) is 0 Å². The summed E-state index contributed by atoms with van der Waals surface area (Å²) in [6.45, 7) is 0. The standard InChI is InChI=1S/C4H3Cl2FN2/c5-3-4(6,7)1-8-2-9-3/h1-3H. The molecular weight excluding hydrogens is 166 g/mol. The lowest BCUT2D eigenvalue weighted by molar-refractivity contribution is 0.366. The lowest BCUT2D eigenvalue weighted by atomic mass is 10.4. The van der Waals surface area contributed by atoms with E-state index in [4.69, 9.17) is 23.2 Å². The zero-order chi connectivity index (χ0) is 6.91. The minimum atomic E-state index is -2.11. The zero-order valence-electron chi connectivity index (χ0n) is 4.26. The molecule has 0 saturated heterocycles. The van der Waals surface area contributed by atoms with Crippen LogP contribution >= 0.6 is 23.2 Å². The van der Waals surface area contributed by atoms with E-state index in [-0.39, 0.29) is 0 Å². The topological polar surface area (TPSA) is 24.7 Å². The second kappa shape index (κ2) is 2.23. The van der Waals surface area contributed by atoms with Gasteiger partial charge in [-0.1, -0.05) is 23.2 Å². The van der Waals surface area contributed by atoms with Crippen molar-refractivity contribution in [3.8, 4) is 0 Å². The first kappa shape index (κ1) is 6.96. The molecule has 0 amide bonds. The van der Waals surface area contributed by atoms with Crippen molar-refractivity contribution in [2.75, 3.05) is 0 Å². The van der Waals surface area contributed by atoms with E-state index in [9.17, 15) is 4.39 Å². The molecule has 2 unspecified atom stereocenters. The van der Waals surface area contributed by atoms with Crippen molar-refractivity contribution < 1.29 is 4.39 Å². The predicted octanol–water partition coefficient (Wildman–Crippen LogP) is 1.57.